The lowest BCUT2D eigenvalue weighted by Gasteiger charge is -2.34. The van der Waals surface area contributed by atoms with Gasteiger partial charge in [0.25, 0.3) is 0 Å². The fourth-order valence-corrected chi connectivity index (χ4v) is 2.71. The quantitative estimate of drug-likeness (QED) is 0.386. The fraction of sp³-hybridized carbons (Fsp3) is 0.533. The van der Waals surface area contributed by atoms with Gasteiger partial charge in [0.2, 0.25) is 0 Å². The predicted octanol–water partition coefficient (Wildman–Crippen LogP) is 3.78. The molecular formula is C15H21ClN2O2. The Morgan fingerprint density at radius 3 is 2.60 bits per heavy atom. The zero-order valence-corrected chi connectivity index (χ0v) is 12.7. The molecule has 0 atom stereocenters. The average Bonchev–Trinajstić information content (AvgIpc) is 2.42. The second-order valence-electron chi connectivity index (χ2n) is 6.11. The highest BCUT2D eigenvalue weighted by Gasteiger charge is 2.28. The minimum Gasteiger partial charge on any atom is -0.489 e. The molecule has 4 nitrogen and oxygen atoms in total. The number of rotatable bonds is 3. The third-order valence-electron chi connectivity index (χ3n) is 3.92. The second-order valence-corrected chi connectivity index (χ2v) is 6.52. The van der Waals surface area contributed by atoms with Crippen LogP contribution in [0.1, 0.15) is 45.1 Å². The van der Waals surface area contributed by atoms with Gasteiger partial charge in [0, 0.05) is 5.56 Å². The third kappa shape index (κ3) is 3.57. The van der Waals surface area contributed by atoms with Gasteiger partial charge in [-0.1, -0.05) is 30.6 Å². The average molecular weight is 297 g/mol. The normalized spacial score (nSPS) is 19.9. The minimum absolute atomic E-state index is 0.0397. The van der Waals surface area contributed by atoms with Crippen molar-refractivity contribution in [3.8, 4) is 5.75 Å². The van der Waals surface area contributed by atoms with Gasteiger partial charge in [-0.25, -0.2) is 0 Å². The van der Waals surface area contributed by atoms with Crippen LogP contribution in [0.4, 0.5) is 0 Å². The number of oxime groups is 1. The van der Waals surface area contributed by atoms with Crippen LogP contribution in [0.2, 0.25) is 5.02 Å². The smallest absolute Gasteiger partial charge is 0.170 e. The Morgan fingerprint density at radius 2 is 2.05 bits per heavy atom. The standard InChI is InChI=1S/C15H21ClN2O2/c1-15(2)7-5-11(6-8-15)20-13-4-3-10(9-12(13)16)14(17)18-19/h3-4,9,11,19H,5-8H2,1-2H3,(H2,17,18). The van der Waals surface area contributed by atoms with Gasteiger partial charge in [0.1, 0.15) is 5.75 Å². The molecule has 5 heteroatoms. The van der Waals surface area contributed by atoms with Crippen molar-refractivity contribution >= 4 is 17.4 Å². The van der Waals surface area contributed by atoms with Crippen LogP contribution in [-0.4, -0.2) is 17.1 Å². The van der Waals surface area contributed by atoms with Gasteiger partial charge in [-0.3, -0.25) is 0 Å². The molecule has 0 aliphatic heterocycles. The number of hydrogen-bond donors (Lipinski definition) is 2. The Balaban J connectivity index is 2.04. The van der Waals surface area contributed by atoms with Crippen LogP contribution in [-0.2, 0) is 0 Å². The van der Waals surface area contributed by atoms with Crippen molar-refractivity contribution in [3.05, 3.63) is 28.8 Å². The molecule has 0 spiro atoms. The first-order valence-electron chi connectivity index (χ1n) is 6.85. The van der Waals surface area contributed by atoms with Crippen molar-refractivity contribution < 1.29 is 9.94 Å². The van der Waals surface area contributed by atoms with Crippen LogP contribution < -0.4 is 10.5 Å². The summed E-state index contributed by atoms with van der Waals surface area (Å²) in [5.74, 6) is 0.698. The number of nitrogens with zero attached hydrogens (tertiary/aromatic N) is 1. The molecule has 110 valence electrons. The molecule has 0 amide bonds. The highest BCUT2D eigenvalue weighted by molar-refractivity contribution is 6.32. The number of amidine groups is 1. The van der Waals surface area contributed by atoms with E-state index in [1.54, 1.807) is 18.2 Å². The molecule has 0 aromatic heterocycles. The summed E-state index contributed by atoms with van der Waals surface area (Å²) in [6.07, 6.45) is 4.64. The van der Waals surface area contributed by atoms with E-state index in [1.807, 2.05) is 0 Å². The molecule has 0 bridgehead atoms. The van der Waals surface area contributed by atoms with Gasteiger partial charge in [0.05, 0.1) is 11.1 Å². The molecule has 2 rings (SSSR count). The summed E-state index contributed by atoms with van der Waals surface area (Å²) in [5, 5.41) is 12.1. The van der Waals surface area contributed by atoms with Crippen LogP contribution in [0.5, 0.6) is 5.75 Å². The number of nitrogens with two attached hydrogens (primary N) is 1. The van der Waals surface area contributed by atoms with Crippen molar-refractivity contribution in [3.63, 3.8) is 0 Å². The molecule has 1 aromatic rings. The van der Waals surface area contributed by atoms with Crippen LogP contribution in [0.25, 0.3) is 0 Å². The highest BCUT2D eigenvalue weighted by atomic mass is 35.5. The summed E-state index contributed by atoms with van der Waals surface area (Å²) in [6, 6.07) is 5.16. The summed E-state index contributed by atoms with van der Waals surface area (Å²) in [6.45, 7) is 4.59. The highest BCUT2D eigenvalue weighted by Crippen LogP contribution is 2.37. The summed E-state index contributed by atoms with van der Waals surface area (Å²) in [5.41, 5.74) is 6.52. The Kier molecular flexibility index (Phi) is 4.43. The maximum absolute atomic E-state index is 8.65. The zero-order chi connectivity index (χ0) is 14.8. The molecule has 1 saturated carbocycles. The molecule has 0 saturated heterocycles. The monoisotopic (exact) mass is 296 g/mol. The maximum atomic E-state index is 8.65. The molecule has 1 aromatic carbocycles. The van der Waals surface area contributed by atoms with Gasteiger partial charge >= 0.3 is 0 Å². The zero-order valence-electron chi connectivity index (χ0n) is 11.9. The number of hydrogen-bond acceptors (Lipinski definition) is 3. The largest absolute Gasteiger partial charge is 0.489 e. The summed E-state index contributed by atoms with van der Waals surface area (Å²) >= 11 is 6.19. The molecule has 1 aliphatic carbocycles. The van der Waals surface area contributed by atoms with Crippen LogP contribution >= 0.6 is 11.6 Å². The van der Waals surface area contributed by atoms with E-state index < -0.39 is 0 Å². The van der Waals surface area contributed by atoms with E-state index in [0.29, 0.717) is 21.8 Å². The van der Waals surface area contributed by atoms with Crippen LogP contribution in [0.3, 0.4) is 0 Å². The second kappa shape index (κ2) is 5.92. The van der Waals surface area contributed by atoms with E-state index in [4.69, 9.17) is 27.3 Å². The lowest BCUT2D eigenvalue weighted by atomic mass is 9.76. The summed E-state index contributed by atoms with van der Waals surface area (Å²) in [7, 11) is 0. The first-order chi connectivity index (χ1) is 9.41. The van der Waals surface area contributed by atoms with Crippen LogP contribution in [0.15, 0.2) is 23.4 Å². The lowest BCUT2D eigenvalue weighted by molar-refractivity contribution is 0.0988. The Hall–Kier alpha value is -1.42. The predicted molar refractivity (Wildman–Crippen MR) is 80.6 cm³/mol. The van der Waals surface area contributed by atoms with Gasteiger partial charge in [0.15, 0.2) is 5.84 Å². The third-order valence-corrected chi connectivity index (χ3v) is 4.21. The lowest BCUT2D eigenvalue weighted by Crippen LogP contribution is -2.28. The topological polar surface area (TPSA) is 67.8 Å². The summed E-state index contributed by atoms with van der Waals surface area (Å²) in [4.78, 5) is 0. The maximum Gasteiger partial charge on any atom is 0.170 e. The first-order valence-corrected chi connectivity index (χ1v) is 7.23. The number of halogens is 1. The van der Waals surface area contributed by atoms with Crippen molar-refractivity contribution in [2.75, 3.05) is 0 Å². The van der Waals surface area contributed by atoms with E-state index in [2.05, 4.69) is 19.0 Å². The van der Waals surface area contributed by atoms with Crippen molar-refractivity contribution in [2.24, 2.45) is 16.3 Å². The Morgan fingerprint density at radius 1 is 1.40 bits per heavy atom. The van der Waals surface area contributed by atoms with Crippen molar-refractivity contribution in [2.45, 2.75) is 45.6 Å². The van der Waals surface area contributed by atoms with E-state index >= 15 is 0 Å². The molecule has 0 heterocycles. The SMILES string of the molecule is CC1(C)CCC(Oc2ccc(/C(N)=N/O)cc2Cl)CC1. The van der Waals surface area contributed by atoms with E-state index in [9.17, 15) is 0 Å². The molecule has 1 fully saturated rings. The van der Waals surface area contributed by atoms with E-state index in [-0.39, 0.29) is 11.9 Å². The minimum atomic E-state index is 0.0397. The molecule has 1 aliphatic rings. The van der Waals surface area contributed by atoms with Crippen molar-refractivity contribution in [1.29, 1.82) is 0 Å². The molecular weight excluding hydrogens is 276 g/mol. The van der Waals surface area contributed by atoms with Crippen molar-refractivity contribution in [1.82, 2.24) is 0 Å². The van der Waals surface area contributed by atoms with Gasteiger partial charge in [-0.05, 0) is 49.3 Å². The van der Waals surface area contributed by atoms with Gasteiger partial charge in [-0.2, -0.15) is 0 Å². The molecule has 0 radical (unpaired) electrons. The number of ether oxygens (including phenoxy) is 1. The summed E-state index contributed by atoms with van der Waals surface area (Å²) < 4.78 is 5.97. The molecule has 0 unspecified atom stereocenters. The van der Waals surface area contributed by atoms with Gasteiger partial charge in [-0.15, -0.1) is 0 Å². The Bertz CT molecular complexity index is 505. The fourth-order valence-electron chi connectivity index (χ4n) is 2.48. The van der Waals surface area contributed by atoms with Crippen LogP contribution in [0, 0.1) is 5.41 Å². The van der Waals surface area contributed by atoms with E-state index in [1.165, 1.54) is 0 Å². The van der Waals surface area contributed by atoms with Gasteiger partial charge < -0.3 is 15.7 Å². The molecule has 3 N–H and O–H groups in total. The van der Waals surface area contributed by atoms with E-state index in [0.717, 1.165) is 25.7 Å². The Labute approximate surface area is 124 Å². The number of benzene rings is 1. The molecule has 20 heavy (non-hydrogen) atoms. The first kappa shape index (κ1) is 15.0.